The number of nitrogens with zero attached hydrogens (tertiary/aromatic N) is 1. The molecule has 0 bridgehead atoms. The van der Waals surface area contributed by atoms with Crippen molar-refractivity contribution in [1.82, 2.24) is 10.2 Å². The maximum Gasteiger partial charge on any atom is 0.257 e. The molecule has 1 aromatic heterocycles. The van der Waals surface area contributed by atoms with Crippen LogP contribution in [0.2, 0.25) is 0 Å². The zero-order chi connectivity index (χ0) is 16.9. The summed E-state index contributed by atoms with van der Waals surface area (Å²) in [5.74, 6) is 0.394. The molecule has 0 radical (unpaired) electrons. The minimum atomic E-state index is -0.0353. The van der Waals surface area contributed by atoms with E-state index in [1.165, 1.54) is 12.5 Å². The van der Waals surface area contributed by atoms with Crippen LogP contribution in [0.5, 0.6) is 0 Å². The van der Waals surface area contributed by atoms with Crippen LogP contribution in [0, 0.1) is 12.8 Å². The van der Waals surface area contributed by atoms with Gasteiger partial charge in [-0.1, -0.05) is 17.7 Å². The van der Waals surface area contributed by atoms with E-state index in [1.54, 1.807) is 6.07 Å². The number of benzene rings is 1. The van der Waals surface area contributed by atoms with Gasteiger partial charge in [0.05, 0.1) is 11.8 Å². The molecular weight excluding hydrogens is 304 g/mol. The third-order valence-electron chi connectivity index (χ3n) is 4.53. The fourth-order valence-electron chi connectivity index (χ4n) is 2.95. The summed E-state index contributed by atoms with van der Waals surface area (Å²) in [5, 5.41) is 3.00. The first-order valence-electron chi connectivity index (χ1n) is 8.30. The van der Waals surface area contributed by atoms with Crippen molar-refractivity contribution >= 4 is 11.8 Å². The summed E-state index contributed by atoms with van der Waals surface area (Å²) >= 11 is 0. The van der Waals surface area contributed by atoms with E-state index in [4.69, 9.17) is 4.42 Å². The molecule has 0 spiro atoms. The summed E-state index contributed by atoms with van der Waals surface area (Å²) in [6.45, 7) is 4.09. The zero-order valence-electron chi connectivity index (χ0n) is 13.8. The van der Waals surface area contributed by atoms with Gasteiger partial charge in [-0.2, -0.15) is 0 Å². The van der Waals surface area contributed by atoms with Crippen molar-refractivity contribution < 1.29 is 14.0 Å². The smallest absolute Gasteiger partial charge is 0.257 e. The lowest BCUT2D eigenvalue weighted by Gasteiger charge is -2.31. The highest BCUT2D eigenvalue weighted by molar-refractivity contribution is 5.94. The predicted octanol–water partition coefficient (Wildman–Crippen LogP) is 2.87. The van der Waals surface area contributed by atoms with E-state index >= 15 is 0 Å². The van der Waals surface area contributed by atoms with Crippen molar-refractivity contribution in [1.29, 1.82) is 0 Å². The zero-order valence-corrected chi connectivity index (χ0v) is 13.8. The van der Waals surface area contributed by atoms with Crippen LogP contribution in [0.3, 0.4) is 0 Å². The lowest BCUT2D eigenvalue weighted by atomic mass is 9.96. The molecule has 1 N–H and O–H groups in total. The van der Waals surface area contributed by atoms with Crippen molar-refractivity contribution in [2.24, 2.45) is 5.92 Å². The number of nitrogens with one attached hydrogen (secondary N) is 1. The minimum Gasteiger partial charge on any atom is -0.472 e. The molecule has 1 aliphatic heterocycles. The number of likely N-dealkylation sites (tertiary alicyclic amines) is 1. The normalized spacial score (nSPS) is 15.3. The highest BCUT2D eigenvalue weighted by Gasteiger charge is 2.24. The van der Waals surface area contributed by atoms with Crippen LogP contribution in [-0.2, 0) is 0 Å². The van der Waals surface area contributed by atoms with E-state index in [-0.39, 0.29) is 11.8 Å². The molecule has 2 aromatic rings. The van der Waals surface area contributed by atoms with Gasteiger partial charge in [-0.3, -0.25) is 9.59 Å². The minimum absolute atomic E-state index is 0.0193. The average molecular weight is 326 g/mol. The second kappa shape index (κ2) is 7.34. The number of carbonyl (C=O) groups is 2. The largest absolute Gasteiger partial charge is 0.472 e. The molecule has 5 nitrogen and oxygen atoms in total. The molecule has 126 valence electrons. The molecule has 3 rings (SSSR count). The van der Waals surface area contributed by atoms with Crippen molar-refractivity contribution in [2.75, 3.05) is 19.6 Å². The Morgan fingerprint density at radius 3 is 2.46 bits per heavy atom. The Balaban J connectivity index is 1.45. The molecule has 1 aromatic carbocycles. The standard InChI is InChI=1S/C19H22N2O3/c1-14-2-4-16(5-3-14)18(22)20-12-15-6-9-21(10-7-15)19(23)17-8-11-24-13-17/h2-5,8,11,13,15H,6-7,9-10,12H2,1H3,(H,20,22). The van der Waals surface area contributed by atoms with Crippen molar-refractivity contribution in [3.63, 3.8) is 0 Å². The van der Waals surface area contributed by atoms with E-state index in [9.17, 15) is 9.59 Å². The fourth-order valence-corrected chi connectivity index (χ4v) is 2.95. The number of rotatable bonds is 4. The van der Waals surface area contributed by atoms with Crippen LogP contribution in [0.1, 0.15) is 39.1 Å². The van der Waals surface area contributed by atoms with Gasteiger partial charge < -0.3 is 14.6 Å². The Bertz CT molecular complexity index is 684. The predicted molar refractivity (Wildman–Crippen MR) is 90.8 cm³/mol. The van der Waals surface area contributed by atoms with E-state index in [2.05, 4.69) is 5.32 Å². The van der Waals surface area contributed by atoms with Crippen molar-refractivity contribution in [3.8, 4) is 0 Å². The highest BCUT2D eigenvalue weighted by Crippen LogP contribution is 2.19. The number of aryl methyl sites for hydroxylation is 1. The molecule has 1 aliphatic rings. The van der Waals surface area contributed by atoms with Crippen LogP contribution < -0.4 is 5.32 Å². The Hall–Kier alpha value is -2.56. The molecule has 0 unspecified atom stereocenters. The Kier molecular flexibility index (Phi) is 4.99. The molecule has 0 saturated carbocycles. The summed E-state index contributed by atoms with van der Waals surface area (Å²) < 4.78 is 4.97. The number of furan rings is 1. The SMILES string of the molecule is Cc1ccc(C(=O)NCC2CCN(C(=O)c3ccoc3)CC2)cc1. The third-order valence-corrected chi connectivity index (χ3v) is 4.53. The van der Waals surface area contributed by atoms with Crippen molar-refractivity contribution in [3.05, 3.63) is 59.5 Å². The van der Waals surface area contributed by atoms with Crippen LogP contribution >= 0.6 is 0 Å². The van der Waals surface area contributed by atoms with Crippen LogP contribution in [-0.4, -0.2) is 36.3 Å². The lowest BCUT2D eigenvalue weighted by Crippen LogP contribution is -2.41. The van der Waals surface area contributed by atoms with Crippen LogP contribution in [0.4, 0.5) is 0 Å². The van der Waals surface area contributed by atoms with Gasteiger partial charge in [0, 0.05) is 25.2 Å². The van der Waals surface area contributed by atoms with Gasteiger partial charge in [0.1, 0.15) is 6.26 Å². The number of carbonyl (C=O) groups excluding carboxylic acids is 2. The summed E-state index contributed by atoms with van der Waals surface area (Å²) in [7, 11) is 0. The quantitative estimate of drug-likeness (QED) is 0.940. The second-order valence-electron chi connectivity index (χ2n) is 6.32. The third kappa shape index (κ3) is 3.85. The molecule has 2 amide bonds. The Morgan fingerprint density at radius 1 is 1.12 bits per heavy atom. The molecule has 0 atom stereocenters. The van der Waals surface area contributed by atoms with E-state index in [1.807, 2.05) is 36.1 Å². The molecule has 5 heteroatoms. The molecule has 2 heterocycles. The van der Waals surface area contributed by atoms with Gasteiger partial charge in [0.15, 0.2) is 0 Å². The van der Waals surface area contributed by atoms with E-state index in [0.29, 0.717) is 23.6 Å². The summed E-state index contributed by atoms with van der Waals surface area (Å²) in [6, 6.07) is 9.26. The van der Waals surface area contributed by atoms with Gasteiger partial charge in [0.2, 0.25) is 0 Å². The van der Waals surface area contributed by atoms with Crippen molar-refractivity contribution in [2.45, 2.75) is 19.8 Å². The number of amides is 2. The Labute approximate surface area is 141 Å². The molecule has 1 saturated heterocycles. The van der Waals surface area contributed by atoms with Gasteiger partial charge >= 0.3 is 0 Å². The van der Waals surface area contributed by atoms with Gasteiger partial charge in [-0.05, 0) is 43.9 Å². The molecule has 24 heavy (non-hydrogen) atoms. The maximum absolute atomic E-state index is 12.2. The van der Waals surface area contributed by atoms with Crippen LogP contribution in [0.15, 0.2) is 47.3 Å². The number of hydrogen-bond donors (Lipinski definition) is 1. The summed E-state index contributed by atoms with van der Waals surface area (Å²) in [5.41, 5.74) is 2.43. The van der Waals surface area contributed by atoms with E-state index < -0.39 is 0 Å². The van der Waals surface area contributed by atoms with Crippen LogP contribution in [0.25, 0.3) is 0 Å². The molecule has 0 aliphatic carbocycles. The highest BCUT2D eigenvalue weighted by atomic mass is 16.3. The second-order valence-corrected chi connectivity index (χ2v) is 6.32. The van der Waals surface area contributed by atoms with Gasteiger partial charge in [-0.25, -0.2) is 0 Å². The monoisotopic (exact) mass is 326 g/mol. The van der Waals surface area contributed by atoms with Gasteiger partial charge in [0.25, 0.3) is 11.8 Å². The average Bonchev–Trinajstić information content (AvgIpc) is 3.15. The summed E-state index contributed by atoms with van der Waals surface area (Å²) in [6.07, 6.45) is 4.80. The number of piperidine rings is 1. The fraction of sp³-hybridized carbons (Fsp3) is 0.368. The molecular formula is C19H22N2O3. The number of hydrogen-bond acceptors (Lipinski definition) is 3. The first-order valence-corrected chi connectivity index (χ1v) is 8.30. The topological polar surface area (TPSA) is 62.6 Å². The Morgan fingerprint density at radius 2 is 1.83 bits per heavy atom. The van der Waals surface area contributed by atoms with Gasteiger partial charge in [-0.15, -0.1) is 0 Å². The first kappa shape index (κ1) is 16.3. The maximum atomic E-state index is 12.2. The van der Waals surface area contributed by atoms with E-state index in [0.717, 1.165) is 31.5 Å². The lowest BCUT2D eigenvalue weighted by molar-refractivity contribution is 0.0683. The molecule has 1 fully saturated rings. The summed E-state index contributed by atoms with van der Waals surface area (Å²) in [4.78, 5) is 26.2. The first-order chi connectivity index (χ1) is 11.6.